The quantitative estimate of drug-likeness (QED) is 0.600. The lowest BCUT2D eigenvalue weighted by Crippen LogP contribution is -1.83. The highest BCUT2D eigenvalue weighted by Crippen LogP contribution is 2.16. The van der Waals surface area contributed by atoms with Crippen molar-refractivity contribution in [2.75, 3.05) is 5.33 Å². The molecule has 0 aromatic heterocycles. The van der Waals surface area contributed by atoms with Gasteiger partial charge >= 0.3 is 0 Å². The summed E-state index contributed by atoms with van der Waals surface area (Å²) in [6.45, 7) is 0. The lowest BCUT2D eigenvalue weighted by atomic mass is 10.1. The fraction of sp³-hybridized carbons (Fsp3) is 0.182. The van der Waals surface area contributed by atoms with E-state index in [2.05, 4.69) is 15.9 Å². The number of benzene rings is 1. The van der Waals surface area contributed by atoms with Crippen molar-refractivity contribution in [3.05, 3.63) is 40.4 Å². The Balaban J connectivity index is 2.84. The van der Waals surface area contributed by atoms with Crippen LogP contribution in [0.1, 0.15) is 22.3 Å². The third kappa shape index (κ3) is 3.28. The van der Waals surface area contributed by atoms with Crippen molar-refractivity contribution in [1.82, 2.24) is 0 Å². The molecule has 0 saturated heterocycles. The minimum Gasteiger partial charge on any atom is -0.298 e. The smallest absolute Gasteiger partial charge is 0.151 e. The normalized spacial score (nSPS) is 10.7. The van der Waals surface area contributed by atoms with E-state index in [1.807, 2.05) is 18.2 Å². The third-order valence-electron chi connectivity index (χ3n) is 1.73. The van der Waals surface area contributed by atoms with E-state index in [0.717, 1.165) is 23.6 Å². The SMILES string of the molecule is O=Cc1cc(C=CCCBr)ccc1Cl. The van der Waals surface area contributed by atoms with Gasteiger partial charge in [-0.2, -0.15) is 0 Å². The zero-order chi connectivity index (χ0) is 10.4. The number of allylic oxidation sites excluding steroid dienone is 1. The maximum atomic E-state index is 10.6. The number of carbonyl (C=O) groups excluding carboxylic acids is 1. The van der Waals surface area contributed by atoms with Crippen LogP contribution in [-0.4, -0.2) is 11.6 Å². The standard InChI is InChI=1S/C11H10BrClO/c12-6-2-1-3-9-4-5-11(13)10(7-9)8-14/h1,3-5,7-8H,2,6H2. The van der Waals surface area contributed by atoms with Crippen LogP contribution in [0.3, 0.4) is 0 Å². The molecule has 0 bridgehead atoms. The largest absolute Gasteiger partial charge is 0.298 e. The molecule has 0 aliphatic heterocycles. The van der Waals surface area contributed by atoms with E-state index < -0.39 is 0 Å². The zero-order valence-electron chi connectivity index (χ0n) is 7.54. The summed E-state index contributed by atoms with van der Waals surface area (Å²) in [6.07, 6.45) is 5.76. The van der Waals surface area contributed by atoms with Crippen LogP contribution >= 0.6 is 27.5 Å². The first-order chi connectivity index (χ1) is 6.77. The van der Waals surface area contributed by atoms with E-state index >= 15 is 0 Å². The Labute approximate surface area is 96.9 Å². The van der Waals surface area contributed by atoms with Gasteiger partial charge in [-0.3, -0.25) is 4.79 Å². The van der Waals surface area contributed by atoms with Crippen LogP contribution in [0.15, 0.2) is 24.3 Å². The fourth-order valence-corrected chi connectivity index (χ4v) is 1.47. The van der Waals surface area contributed by atoms with Crippen LogP contribution in [0.5, 0.6) is 0 Å². The van der Waals surface area contributed by atoms with Gasteiger partial charge in [0.05, 0.1) is 5.02 Å². The van der Waals surface area contributed by atoms with Crippen molar-refractivity contribution in [3.8, 4) is 0 Å². The second-order valence-electron chi connectivity index (χ2n) is 2.78. The zero-order valence-corrected chi connectivity index (χ0v) is 9.88. The summed E-state index contributed by atoms with van der Waals surface area (Å²) >= 11 is 9.13. The van der Waals surface area contributed by atoms with Gasteiger partial charge in [0.25, 0.3) is 0 Å². The maximum Gasteiger partial charge on any atom is 0.151 e. The average Bonchev–Trinajstić information content (AvgIpc) is 2.21. The first kappa shape index (κ1) is 11.5. The van der Waals surface area contributed by atoms with Crippen LogP contribution in [-0.2, 0) is 0 Å². The molecule has 1 aromatic carbocycles. The number of aldehydes is 1. The molecule has 0 unspecified atom stereocenters. The van der Waals surface area contributed by atoms with Crippen molar-refractivity contribution in [3.63, 3.8) is 0 Å². The minimum atomic E-state index is 0.498. The summed E-state index contributed by atoms with van der Waals surface area (Å²) in [5.74, 6) is 0. The van der Waals surface area contributed by atoms with Gasteiger partial charge in [-0.25, -0.2) is 0 Å². The van der Waals surface area contributed by atoms with Crippen LogP contribution in [0.2, 0.25) is 5.02 Å². The molecule has 0 atom stereocenters. The Kier molecular flexibility index (Phi) is 4.91. The minimum absolute atomic E-state index is 0.498. The summed E-state index contributed by atoms with van der Waals surface area (Å²) < 4.78 is 0. The van der Waals surface area contributed by atoms with Crippen molar-refractivity contribution in [2.24, 2.45) is 0 Å². The van der Waals surface area contributed by atoms with E-state index in [9.17, 15) is 4.79 Å². The number of carbonyl (C=O) groups is 1. The molecule has 0 saturated carbocycles. The van der Waals surface area contributed by atoms with Crippen molar-refractivity contribution >= 4 is 39.9 Å². The number of hydrogen-bond donors (Lipinski definition) is 0. The topological polar surface area (TPSA) is 17.1 Å². The van der Waals surface area contributed by atoms with Gasteiger partial charge < -0.3 is 0 Å². The Morgan fingerprint density at radius 2 is 2.21 bits per heavy atom. The molecule has 14 heavy (non-hydrogen) atoms. The molecule has 0 fully saturated rings. The summed E-state index contributed by atoms with van der Waals surface area (Å²) in [7, 11) is 0. The second kappa shape index (κ2) is 5.99. The summed E-state index contributed by atoms with van der Waals surface area (Å²) in [6, 6.07) is 5.40. The monoisotopic (exact) mass is 272 g/mol. The van der Waals surface area contributed by atoms with Crippen molar-refractivity contribution < 1.29 is 4.79 Å². The lowest BCUT2D eigenvalue weighted by Gasteiger charge is -1.97. The van der Waals surface area contributed by atoms with E-state index in [0.29, 0.717) is 10.6 Å². The van der Waals surface area contributed by atoms with Crippen LogP contribution < -0.4 is 0 Å². The molecular formula is C11H10BrClO. The van der Waals surface area contributed by atoms with Gasteiger partial charge in [0.15, 0.2) is 6.29 Å². The first-order valence-corrected chi connectivity index (χ1v) is 5.75. The molecule has 3 heteroatoms. The molecule has 0 amide bonds. The van der Waals surface area contributed by atoms with Gasteiger partial charge in [-0.15, -0.1) is 0 Å². The fourth-order valence-electron chi connectivity index (χ4n) is 1.04. The van der Waals surface area contributed by atoms with Gasteiger partial charge in [-0.05, 0) is 24.1 Å². The molecule has 1 rings (SSSR count). The van der Waals surface area contributed by atoms with Gasteiger partial charge in [0.1, 0.15) is 0 Å². The highest BCUT2D eigenvalue weighted by atomic mass is 79.9. The average molecular weight is 274 g/mol. The van der Waals surface area contributed by atoms with Crippen molar-refractivity contribution in [2.45, 2.75) is 6.42 Å². The van der Waals surface area contributed by atoms with Crippen molar-refractivity contribution in [1.29, 1.82) is 0 Å². The molecule has 0 radical (unpaired) electrons. The Morgan fingerprint density at radius 1 is 1.43 bits per heavy atom. The number of halogens is 2. The molecule has 0 aliphatic carbocycles. The third-order valence-corrected chi connectivity index (χ3v) is 2.54. The molecule has 0 heterocycles. The Morgan fingerprint density at radius 3 is 2.86 bits per heavy atom. The van der Waals surface area contributed by atoms with E-state index in [4.69, 9.17) is 11.6 Å². The summed E-state index contributed by atoms with van der Waals surface area (Å²) in [5.41, 5.74) is 1.53. The van der Waals surface area contributed by atoms with E-state index in [1.54, 1.807) is 12.1 Å². The lowest BCUT2D eigenvalue weighted by molar-refractivity contribution is 0.112. The molecule has 0 N–H and O–H groups in total. The van der Waals surface area contributed by atoms with Gasteiger partial charge in [0.2, 0.25) is 0 Å². The summed E-state index contributed by atoms with van der Waals surface area (Å²) in [5, 5.41) is 1.44. The molecular weight excluding hydrogens is 263 g/mol. The molecule has 1 nitrogen and oxygen atoms in total. The van der Waals surface area contributed by atoms with Crippen LogP contribution in [0.25, 0.3) is 6.08 Å². The van der Waals surface area contributed by atoms with E-state index in [-0.39, 0.29) is 0 Å². The number of alkyl halides is 1. The summed E-state index contributed by atoms with van der Waals surface area (Å²) in [4.78, 5) is 10.6. The van der Waals surface area contributed by atoms with E-state index in [1.165, 1.54) is 0 Å². The Hall–Kier alpha value is -0.600. The number of hydrogen-bond acceptors (Lipinski definition) is 1. The predicted molar refractivity (Wildman–Crippen MR) is 64.3 cm³/mol. The maximum absolute atomic E-state index is 10.6. The Bertz CT molecular complexity index is 347. The first-order valence-electron chi connectivity index (χ1n) is 4.25. The van der Waals surface area contributed by atoms with Crippen LogP contribution in [0.4, 0.5) is 0 Å². The molecule has 0 aliphatic rings. The molecule has 74 valence electrons. The highest BCUT2D eigenvalue weighted by Gasteiger charge is 1.98. The van der Waals surface area contributed by atoms with Crippen LogP contribution in [0, 0.1) is 0 Å². The highest BCUT2D eigenvalue weighted by molar-refractivity contribution is 9.09. The van der Waals surface area contributed by atoms with Gasteiger partial charge in [-0.1, -0.05) is 45.7 Å². The molecule has 1 aromatic rings. The molecule has 0 spiro atoms. The van der Waals surface area contributed by atoms with Gasteiger partial charge in [0, 0.05) is 10.9 Å². The predicted octanol–water partition coefficient (Wildman–Crippen LogP) is 3.95. The number of rotatable bonds is 4. The second-order valence-corrected chi connectivity index (χ2v) is 3.98.